The number of esters is 1. The number of aromatic nitrogens is 1. The van der Waals surface area contributed by atoms with Crippen LogP contribution in [0.25, 0.3) is 5.69 Å². The molecule has 1 amide bonds. The van der Waals surface area contributed by atoms with Crippen LogP contribution in [0.4, 0.5) is 5.69 Å². The van der Waals surface area contributed by atoms with E-state index in [0.29, 0.717) is 16.3 Å². The van der Waals surface area contributed by atoms with Gasteiger partial charge in [0.1, 0.15) is 0 Å². The Labute approximate surface area is 168 Å². The fraction of sp³-hybridized carbons (Fsp3) is 0.182. The van der Waals surface area contributed by atoms with Crippen molar-refractivity contribution in [2.45, 2.75) is 20.8 Å². The summed E-state index contributed by atoms with van der Waals surface area (Å²) in [6.45, 7) is 5.53. The predicted molar refractivity (Wildman–Crippen MR) is 110 cm³/mol. The van der Waals surface area contributed by atoms with Crippen molar-refractivity contribution in [3.63, 3.8) is 0 Å². The normalized spacial score (nSPS) is 10.6. The second kappa shape index (κ2) is 8.31. The van der Waals surface area contributed by atoms with E-state index < -0.39 is 11.9 Å². The number of hydrogen-bond donors (Lipinski definition) is 1. The molecule has 0 radical (unpaired) electrons. The molecule has 0 spiro atoms. The molecule has 0 aliphatic heterocycles. The van der Waals surface area contributed by atoms with Crippen molar-refractivity contribution in [1.82, 2.24) is 4.57 Å². The lowest BCUT2D eigenvalue weighted by atomic mass is 10.2. The number of carbonyl (C=O) groups is 2. The SMILES string of the molecule is Cc1ccc(Cl)cc1NC(=O)COC(=O)c1ccc(-n2c(C)ccc2C)cc1. The van der Waals surface area contributed by atoms with Crippen LogP contribution in [0.2, 0.25) is 5.02 Å². The van der Waals surface area contributed by atoms with Crippen LogP contribution in [0.3, 0.4) is 0 Å². The van der Waals surface area contributed by atoms with Gasteiger partial charge in [-0.3, -0.25) is 4.79 Å². The maximum absolute atomic E-state index is 12.2. The third-order valence-electron chi connectivity index (χ3n) is 4.44. The zero-order valence-corrected chi connectivity index (χ0v) is 16.7. The summed E-state index contributed by atoms with van der Waals surface area (Å²) in [5.41, 5.74) is 5.04. The number of rotatable bonds is 5. The highest BCUT2D eigenvalue weighted by molar-refractivity contribution is 6.31. The number of benzene rings is 2. The molecule has 0 atom stereocenters. The molecule has 6 heteroatoms. The van der Waals surface area contributed by atoms with Crippen molar-refractivity contribution in [1.29, 1.82) is 0 Å². The Kier molecular flexibility index (Phi) is 5.85. The minimum absolute atomic E-state index is 0.373. The Morgan fingerprint density at radius 1 is 0.964 bits per heavy atom. The van der Waals surface area contributed by atoms with Gasteiger partial charge in [-0.2, -0.15) is 0 Å². The van der Waals surface area contributed by atoms with Crippen LogP contribution >= 0.6 is 11.6 Å². The number of ether oxygens (including phenoxy) is 1. The first-order valence-corrected chi connectivity index (χ1v) is 9.21. The molecule has 144 valence electrons. The average Bonchev–Trinajstić information content (AvgIpc) is 3.01. The maximum Gasteiger partial charge on any atom is 0.338 e. The number of nitrogens with zero attached hydrogens (tertiary/aromatic N) is 1. The van der Waals surface area contributed by atoms with Gasteiger partial charge in [0.05, 0.1) is 5.56 Å². The highest BCUT2D eigenvalue weighted by Gasteiger charge is 2.12. The first-order valence-electron chi connectivity index (χ1n) is 8.83. The molecular weight excluding hydrogens is 376 g/mol. The van der Waals surface area contributed by atoms with E-state index >= 15 is 0 Å². The predicted octanol–water partition coefficient (Wildman–Crippen LogP) is 4.85. The van der Waals surface area contributed by atoms with Crippen molar-refractivity contribution >= 4 is 29.2 Å². The van der Waals surface area contributed by atoms with Gasteiger partial charge in [0.15, 0.2) is 6.61 Å². The minimum Gasteiger partial charge on any atom is -0.452 e. The first-order chi connectivity index (χ1) is 13.3. The molecule has 1 heterocycles. The van der Waals surface area contributed by atoms with Gasteiger partial charge in [0, 0.05) is 27.8 Å². The van der Waals surface area contributed by atoms with Crippen molar-refractivity contribution in [3.05, 3.63) is 82.1 Å². The van der Waals surface area contributed by atoms with E-state index in [2.05, 4.69) is 9.88 Å². The third kappa shape index (κ3) is 4.43. The second-order valence-corrected chi connectivity index (χ2v) is 7.02. The number of amides is 1. The lowest BCUT2D eigenvalue weighted by molar-refractivity contribution is -0.119. The van der Waals surface area contributed by atoms with E-state index in [0.717, 1.165) is 22.6 Å². The fourth-order valence-electron chi connectivity index (χ4n) is 2.95. The van der Waals surface area contributed by atoms with Crippen molar-refractivity contribution < 1.29 is 14.3 Å². The van der Waals surface area contributed by atoms with Gasteiger partial charge in [-0.05, 0) is 74.9 Å². The Hall–Kier alpha value is -3.05. The molecule has 3 rings (SSSR count). The maximum atomic E-state index is 12.2. The lowest BCUT2D eigenvalue weighted by Crippen LogP contribution is -2.21. The van der Waals surface area contributed by atoms with Crippen LogP contribution in [0.15, 0.2) is 54.6 Å². The quantitative estimate of drug-likeness (QED) is 0.627. The molecular formula is C22H21ClN2O3. The Morgan fingerprint density at radius 2 is 1.61 bits per heavy atom. The fourth-order valence-corrected chi connectivity index (χ4v) is 3.12. The van der Waals surface area contributed by atoms with E-state index in [1.165, 1.54) is 0 Å². The molecule has 0 unspecified atom stereocenters. The standard InChI is InChI=1S/C22H21ClN2O3/c1-14-4-9-18(23)12-20(14)24-21(26)13-28-22(27)17-7-10-19(11-8-17)25-15(2)5-6-16(25)3/h4-12H,13H2,1-3H3,(H,24,26). The highest BCUT2D eigenvalue weighted by atomic mass is 35.5. The third-order valence-corrected chi connectivity index (χ3v) is 4.68. The van der Waals surface area contributed by atoms with Gasteiger partial charge in [-0.15, -0.1) is 0 Å². The summed E-state index contributed by atoms with van der Waals surface area (Å²) in [7, 11) is 0. The molecule has 1 aromatic heterocycles. The van der Waals surface area contributed by atoms with E-state index in [-0.39, 0.29) is 6.61 Å². The Morgan fingerprint density at radius 3 is 2.25 bits per heavy atom. The van der Waals surface area contributed by atoms with Crippen LogP contribution < -0.4 is 5.32 Å². The Balaban J connectivity index is 1.60. The van der Waals surface area contributed by atoms with Gasteiger partial charge in [0.25, 0.3) is 5.91 Å². The van der Waals surface area contributed by atoms with E-state index in [4.69, 9.17) is 16.3 Å². The van der Waals surface area contributed by atoms with Crippen molar-refractivity contribution in [2.75, 3.05) is 11.9 Å². The highest BCUT2D eigenvalue weighted by Crippen LogP contribution is 2.20. The second-order valence-electron chi connectivity index (χ2n) is 6.58. The number of anilines is 1. The van der Waals surface area contributed by atoms with Crippen molar-refractivity contribution in [3.8, 4) is 5.69 Å². The molecule has 1 N–H and O–H groups in total. The number of carbonyl (C=O) groups excluding carboxylic acids is 2. The number of aryl methyl sites for hydroxylation is 3. The van der Waals surface area contributed by atoms with Crippen LogP contribution in [-0.4, -0.2) is 23.1 Å². The molecule has 0 fully saturated rings. The lowest BCUT2D eigenvalue weighted by Gasteiger charge is -2.11. The summed E-state index contributed by atoms with van der Waals surface area (Å²) in [5, 5.41) is 3.21. The van der Waals surface area contributed by atoms with E-state index in [1.807, 2.05) is 45.0 Å². The van der Waals surface area contributed by atoms with Gasteiger partial charge in [0.2, 0.25) is 0 Å². The van der Waals surface area contributed by atoms with Crippen LogP contribution in [-0.2, 0) is 9.53 Å². The summed E-state index contributed by atoms with van der Waals surface area (Å²) < 4.78 is 7.21. The summed E-state index contributed by atoms with van der Waals surface area (Å²) in [6.07, 6.45) is 0. The molecule has 0 saturated heterocycles. The molecule has 0 saturated carbocycles. The number of halogens is 1. The zero-order chi connectivity index (χ0) is 20.3. The van der Waals surface area contributed by atoms with Gasteiger partial charge in [-0.1, -0.05) is 17.7 Å². The molecule has 28 heavy (non-hydrogen) atoms. The minimum atomic E-state index is -0.550. The smallest absolute Gasteiger partial charge is 0.338 e. The summed E-state index contributed by atoms with van der Waals surface area (Å²) in [4.78, 5) is 24.3. The largest absolute Gasteiger partial charge is 0.452 e. The average molecular weight is 397 g/mol. The topological polar surface area (TPSA) is 60.3 Å². The van der Waals surface area contributed by atoms with Crippen LogP contribution in [0, 0.1) is 20.8 Å². The van der Waals surface area contributed by atoms with Gasteiger partial charge >= 0.3 is 5.97 Å². The molecule has 0 bridgehead atoms. The number of hydrogen-bond acceptors (Lipinski definition) is 3. The zero-order valence-electron chi connectivity index (χ0n) is 16.0. The van der Waals surface area contributed by atoms with Crippen LogP contribution in [0.5, 0.6) is 0 Å². The van der Waals surface area contributed by atoms with Crippen molar-refractivity contribution in [2.24, 2.45) is 0 Å². The summed E-state index contributed by atoms with van der Waals surface area (Å²) >= 11 is 5.94. The van der Waals surface area contributed by atoms with E-state index in [9.17, 15) is 9.59 Å². The molecule has 3 aromatic rings. The van der Waals surface area contributed by atoms with Gasteiger partial charge in [-0.25, -0.2) is 4.79 Å². The van der Waals surface area contributed by atoms with E-state index in [1.54, 1.807) is 30.3 Å². The molecule has 2 aromatic carbocycles. The molecule has 0 aliphatic carbocycles. The molecule has 0 aliphatic rings. The first kappa shape index (κ1) is 19.7. The number of nitrogens with one attached hydrogen (secondary N) is 1. The molecule has 5 nitrogen and oxygen atoms in total. The summed E-state index contributed by atoms with van der Waals surface area (Å²) in [6, 6.07) is 16.4. The van der Waals surface area contributed by atoms with Crippen LogP contribution in [0.1, 0.15) is 27.3 Å². The van der Waals surface area contributed by atoms with Gasteiger partial charge < -0.3 is 14.6 Å². The summed E-state index contributed by atoms with van der Waals surface area (Å²) in [5.74, 6) is -0.973. The monoisotopic (exact) mass is 396 g/mol. The Bertz CT molecular complexity index is 1000.